The number of anilines is 1. The van der Waals surface area contributed by atoms with Gasteiger partial charge < -0.3 is 4.90 Å². The zero-order chi connectivity index (χ0) is 13.8. The van der Waals surface area contributed by atoms with Gasteiger partial charge in [0.1, 0.15) is 23.8 Å². The number of hydrogen-bond donors (Lipinski definition) is 0. The highest BCUT2D eigenvalue weighted by atomic mass is 15.1. The maximum atomic E-state index is 9.15. The molecule has 0 aromatic heterocycles. The first-order valence-electron chi connectivity index (χ1n) is 6.00. The summed E-state index contributed by atoms with van der Waals surface area (Å²) < 4.78 is 0. The van der Waals surface area contributed by atoms with Crippen molar-refractivity contribution in [3.8, 4) is 18.2 Å². The van der Waals surface area contributed by atoms with Crippen molar-refractivity contribution in [2.24, 2.45) is 0 Å². The molecule has 2 rings (SSSR count). The Morgan fingerprint density at radius 3 is 2.53 bits per heavy atom. The number of allylic oxidation sites excluding steroid dienone is 2. The van der Waals surface area contributed by atoms with E-state index < -0.39 is 0 Å². The van der Waals surface area contributed by atoms with Crippen LogP contribution in [0.3, 0.4) is 0 Å². The summed E-state index contributed by atoms with van der Waals surface area (Å²) in [6, 6.07) is 11.2. The third-order valence-corrected chi connectivity index (χ3v) is 3.30. The van der Waals surface area contributed by atoms with Crippen LogP contribution in [0, 0.1) is 34.0 Å². The maximum absolute atomic E-state index is 9.15. The van der Waals surface area contributed by atoms with Crippen molar-refractivity contribution in [2.45, 2.75) is 12.8 Å². The normalized spacial score (nSPS) is 12.6. The minimum Gasteiger partial charge on any atom is -0.374 e. The molecular weight excluding hydrogens is 236 g/mol. The van der Waals surface area contributed by atoms with E-state index >= 15 is 0 Å². The summed E-state index contributed by atoms with van der Waals surface area (Å²) >= 11 is 0. The van der Waals surface area contributed by atoms with E-state index in [2.05, 4.69) is 4.90 Å². The number of hydrogen-bond acceptors (Lipinski definition) is 4. The number of nitrogens with zero attached hydrogens (tertiary/aromatic N) is 4. The van der Waals surface area contributed by atoms with Gasteiger partial charge in [0.15, 0.2) is 0 Å². The SMILES string of the molecule is CN1CCCc2cc(C(C#N)=C(C#N)C#N)ccc21. The quantitative estimate of drug-likeness (QED) is 0.715. The fourth-order valence-electron chi connectivity index (χ4n) is 2.34. The molecule has 0 atom stereocenters. The molecule has 0 saturated carbocycles. The first-order valence-corrected chi connectivity index (χ1v) is 6.00. The van der Waals surface area contributed by atoms with Crippen molar-refractivity contribution in [3.05, 3.63) is 34.9 Å². The maximum Gasteiger partial charge on any atom is 0.148 e. The van der Waals surface area contributed by atoms with Crippen LogP contribution < -0.4 is 4.90 Å². The van der Waals surface area contributed by atoms with Gasteiger partial charge in [0.2, 0.25) is 0 Å². The molecule has 0 N–H and O–H groups in total. The molecule has 1 aromatic rings. The zero-order valence-corrected chi connectivity index (χ0v) is 10.6. The van der Waals surface area contributed by atoms with E-state index in [9.17, 15) is 0 Å². The molecule has 0 aliphatic carbocycles. The number of benzene rings is 1. The average Bonchev–Trinajstić information content (AvgIpc) is 2.44. The molecule has 4 nitrogen and oxygen atoms in total. The summed E-state index contributed by atoms with van der Waals surface area (Å²) in [6.45, 7) is 1.02. The van der Waals surface area contributed by atoms with Crippen LogP contribution in [-0.4, -0.2) is 13.6 Å². The summed E-state index contributed by atoms with van der Waals surface area (Å²) in [6.07, 6.45) is 2.03. The predicted molar refractivity (Wildman–Crippen MR) is 71.8 cm³/mol. The summed E-state index contributed by atoms with van der Waals surface area (Å²) in [5.41, 5.74) is 2.99. The Kier molecular flexibility index (Phi) is 3.51. The third kappa shape index (κ3) is 2.28. The van der Waals surface area contributed by atoms with Crippen LogP contribution in [-0.2, 0) is 6.42 Å². The van der Waals surface area contributed by atoms with Crippen molar-refractivity contribution in [2.75, 3.05) is 18.5 Å². The van der Waals surface area contributed by atoms with Crippen LogP contribution in [0.5, 0.6) is 0 Å². The second kappa shape index (κ2) is 5.25. The number of fused-ring (bicyclic) bond motifs is 1. The zero-order valence-electron chi connectivity index (χ0n) is 10.6. The van der Waals surface area contributed by atoms with Gasteiger partial charge in [-0.1, -0.05) is 6.07 Å². The Morgan fingerprint density at radius 2 is 1.89 bits per heavy atom. The van der Waals surface area contributed by atoms with Gasteiger partial charge in [0.05, 0.1) is 5.57 Å². The molecule has 1 aromatic carbocycles. The van der Waals surface area contributed by atoms with E-state index in [-0.39, 0.29) is 11.1 Å². The van der Waals surface area contributed by atoms with Crippen molar-refractivity contribution in [1.29, 1.82) is 15.8 Å². The van der Waals surface area contributed by atoms with E-state index in [0.717, 1.165) is 30.6 Å². The molecule has 1 aliphatic heterocycles. The van der Waals surface area contributed by atoms with Crippen LogP contribution in [0.2, 0.25) is 0 Å². The lowest BCUT2D eigenvalue weighted by molar-refractivity contribution is 0.744. The van der Waals surface area contributed by atoms with Gasteiger partial charge in [-0.2, -0.15) is 15.8 Å². The van der Waals surface area contributed by atoms with Gasteiger partial charge in [0.25, 0.3) is 0 Å². The molecule has 1 aliphatic rings. The fourth-order valence-corrected chi connectivity index (χ4v) is 2.34. The predicted octanol–water partition coefficient (Wildman–Crippen LogP) is 2.39. The van der Waals surface area contributed by atoms with Crippen LogP contribution in [0.1, 0.15) is 17.5 Å². The average molecular weight is 248 g/mol. The topological polar surface area (TPSA) is 74.6 Å². The van der Waals surface area contributed by atoms with Gasteiger partial charge >= 0.3 is 0 Å². The Morgan fingerprint density at radius 1 is 1.16 bits per heavy atom. The van der Waals surface area contributed by atoms with Crippen LogP contribution in [0.15, 0.2) is 23.8 Å². The highest BCUT2D eigenvalue weighted by Crippen LogP contribution is 2.29. The molecular formula is C15H12N4. The summed E-state index contributed by atoms with van der Waals surface area (Å²) in [4.78, 5) is 2.17. The molecule has 4 heteroatoms. The lowest BCUT2D eigenvalue weighted by Crippen LogP contribution is -2.24. The lowest BCUT2D eigenvalue weighted by Gasteiger charge is -2.27. The lowest BCUT2D eigenvalue weighted by atomic mass is 9.95. The molecule has 19 heavy (non-hydrogen) atoms. The van der Waals surface area contributed by atoms with E-state index in [0.29, 0.717) is 5.56 Å². The standard InChI is InChI=1S/C15H12N4/c1-19-6-2-3-12-7-11(4-5-15(12)19)14(10-18)13(8-16)9-17/h4-5,7H,2-3,6H2,1H3. The van der Waals surface area contributed by atoms with Crippen LogP contribution in [0.4, 0.5) is 5.69 Å². The fraction of sp³-hybridized carbons (Fsp3) is 0.267. The van der Waals surface area contributed by atoms with Crippen LogP contribution >= 0.6 is 0 Å². The first-order chi connectivity index (χ1) is 9.21. The smallest absolute Gasteiger partial charge is 0.148 e. The summed E-state index contributed by atoms with van der Waals surface area (Å²) in [7, 11) is 2.04. The van der Waals surface area contributed by atoms with Gasteiger partial charge in [-0.3, -0.25) is 0 Å². The number of rotatable bonds is 1. The van der Waals surface area contributed by atoms with Crippen molar-refractivity contribution < 1.29 is 0 Å². The van der Waals surface area contributed by atoms with E-state index in [1.54, 1.807) is 18.2 Å². The van der Waals surface area contributed by atoms with E-state index in [1.165, 1.54) is 0 Å². The molecule has 92 valence electrons. The highest BCUT2D eigenvalue weighted by Gasteiger charge is 2.16. The first kappa shape index (κ1) is 12.7. The minimum atomic E-state index is -0.133. The van der Waals surface area contributed by atoms with Crippen molar-refractivity contribution >= 4 is 11.3 Å². The molecule has 0 amide bonds. The third-order valence-electron chi connectivity index (χ3n) is 3.30. The Balaban J connectivity index is 2.55. The Bertz CT molecular complexity index is 649. The van der Waals surface area contributed by atoms with Gasteiger partial charge in [-0.05, 0) is 36.1 Å². The van der Waals surface area contributed by atoms with Gasteiger partial charge in [0, 0.05) is 19.3 Å². The van der Waals surface area contributed by atoms with Gasteiger partial charge in [-0.15, -0.1) is 0 Å². The molecule has 0 unspecified atom stereocenters. The van der Waals surface area contributed by atoms with Crippen molar-refractivity contribution in [1.82, 2.24) is 0 Å². The highest BCUT2D eigenvalue weighted by molar-refractivity contribution is 5.85. The molecule has 0 spiro atoms. The second-order valence-electron chi connectivity index (χ2n) is 4.45. The number of aryl methyl sites for hydroxylation is 1. The molecule has 1 heterocycles. The number of nitriles is 3. The molecule has 0 radical (unpaired) electrons. The summed E-state index contributed by atoms with van der Waals surface area (Å²) in [5.74, 6) is 0. The van der Waals surface area contributed by atoms with Crippen LogP contribution in [0.25, 0.3) is 5.57 Å². The minimum absolute atomic E-state index is 0.133. The summed E-state index contributed by atoms with van der Waals surface area (Å²) in [5, 5.41) is 26.9. The largest absolute Gasteiger partial charge is 0.374 e. The van der Waals surface area contributed by atoms with E-state index in [1.807, 2.05) is 25.2 Å². The Labute approximate surface area is 112 Å². The van der Waals surface area contributed by atoms with E-state index in [4.69, 9.17) is 15.8 Å². The molecule has 0 bridgehead atoms. The molecule has 0 fully saturated rings. The second-order valence-corrected chi connectivity index (χ2v) is 4.45. The monoisotopic (exact) mass is 248 g/mol. The Hall–Kier alpha value is -2.77. The molecule has 0 saturated heterocycles. The van der Waals surface area contributed by atoms with Crippen molar-refractivity contribution in [3.63, 3.8) is 0 Å². The van der Waals surface area contributed by atoms with Gasteiger partial charge in [-0.25, -0.2) is 0 Å².